The Morgan fingerprint density at radius 1 is 1.31 bits per heavy atom. The molecule has 0 bridgehead atoms. The fourth-order valence-electron chi connectivity index (χ4n) is 3.67. The molecule has 0 radical (unpaired) electrons. The molecule has 2 N–H and O–H groups in total. The molecule has 1 aromatic rings. The highest BCUT2D eigenvalue weighted by atomic mass is 127. The molecule has 2 aliphatic rings. The molecule has 1 saturated carbocycles. The normalized spacial score (nSPS) is 20.7. The molecular weight excluding hydrogens is 441 g/mol. The Hall–Kier alpha value is -1.38. The predicted octanol–water partition coefficient (Wildman–Crippen LogP) is 2.55. The van der Waals surface area contributed by atoms with Crippen molar-refractivity contribution in [2.45, 2.75) is 51.6 Å². The lowest BCUT2D eigenvalue weighted by Crippen LogP contribution is -2.45. The van der Waals surface area contributed by atoms with Gasteiger partial charge in [0.2, 0.25) is 5.91 Å². The van der Waals surface area contributed by atoms with Gasteiger partial charge in [0, 0.05) is 37.8 Å². The van der Waals surface area contributed by atoms with Crippen molar-refractivity contribution in [3.63, 3.8) is 0 Å². The summed E-state index contributed by atoms with van der Waals surface area (Å²) < 4.78 is 0. The van der Waals surface area contributed by atoms with Gasteiger partial charge in [0.25, 0.3) is 0 Å². The van der Waals surface area contributed by atoms with Crippen molar-refractivity contribution < 1.29 is 4.79 Å². The van der Waals surface area contributed by atoms with Gasteiger partial charge in [0.15, 0.2) is 5.96 Å². The molecule has 1 atom stereocenters. The highest BCUT2D eigenvalue weighted by Gasteiger charge is 2.32. The van der Waals surface area contributed by atoms with E-state index in [-0.39, 0.29) is 35.9 Å². The summed E-state index contributed by atoms with van der Waals surface area (Å²) in [6, 6.07) is 6.13. The lowest BCUT2D eigenvalue weighted by atomic mass is 10.1. The van der Waals surface area contributed by atoms with Crippen LogP contribution in [0.4, 0.5) is 0 Å². The van der Waals surface area contributed by atoms with Crippen LogP contribution in [0.3, 0.4) is 0 Å². The zero-order chi connectivity index (χ0) is 17.5. The van der Waals surface area contributed by atoms with E-state index in [1.807, 2.05) is 23.1 Å². The van der Waals surface area contributed by atoms with Crippen LogP contribution in [0.15, 0.2) is 29.4 Å². The third kappa shape index (κ3) is 5.82. The first-order valence-corrected chi connectivity index (χ1v) is 9.50. The van der Waals surface area contributed by atoms with Crippen LogP contribution in [-0.4, -0.2) is 47.4 Å². The number of pyridine rings is 1. The number of nitrogens with zero attached hydrogens (tertiary/aromatic N) is 3. The van der Waals surface area contributed by atoms with E-state index in [2.05, 4.69) is 27.5 Å². The van der Waals surface area contributed by atoms with E-state index in [0.717, 1.165) is 50.6 Å². The molecule has 0 aromatic carbocycles. The van der Waals surface area contributed by atoms with Gasteiger partial charge in [-0.3, -0.25) is 9.78 Å². The minimum absolute atomic E-state index is 0. The van der Waals surface area contributed by atoms with Gasteiger partial charge in [0.1, 0.15) is 0 Å². The number of aliphatic imine (C=N–C) groups is 1. The largest absolute Gasteiger partial charge is 0.357 e. The molecule has 3 rings (SSSR count). The average Bonchev–Trinajstić information content (AvgIpc) is 3.32. The van der Waals surface area contributed by atoms with Crippen molar-refractivity contribution in [1.29, 1.82) is 0 Å². The molecule has 144 valence electrons. The van der Waals surface area contributed by atoms with E-state index in [9.17, 15) is 4.79 Å². The van der Waals surface area contributed by atoms with Gasteiger partial charge in [-0.2, -0.15) is 0 Å². The number of hydrogen-bond donors (Lipinski definition) is 2. The third-order valence-corrected chi connectivity index (χ3v) is 5.01. The van der Waals surface area contributed by atoms with Crippen LogP contribution in [0, 0.1) is 5.92 Å². The Labute approximate surface area is 173 Å². The molecule has 26 heavy (non-hydrogen) atoms. The SMILES string of the molecule is CCNC(=NCc1ccccn1)NC1CCN(C(=O)C2CCCC2)C1.I. The van der Waals surface area contributed by atoms with E-state index >= 15 is 0 Å². The highest BCUT2D eigenvalue weighted by Crippen LogP contribution is 2.27. The zero-order valence-corrected chi connectivity index (χ0v) is 17.8. The van der Waals surface area contributed by atoms with Crippen LogP contribution in [0.25, 0.3) is 0 Å². The number of hydrogen-bond acceptors (Lipinski definition) is 3. The van der Waals surface area contributed by atoms with Crippen molar-refractivity contribution in [3.8, 4) is 0 Å². The van der Waals surface area contributed by atoms with E-state index < -0.39 is 0 Å². The first-order valence-electron chi connectivity index (χ1n) is 9.50. The van der Waals surface area contributed by atoms with Crippen molar-refractivity contribution in [2.24, 2.45) is 10.9 Å². The molecule has 1 aromatic heterocycles. The Kier molecular flexibility index (Phi) is 8.61. The van der Waals surface area contributed by atoms with Crippen molar-refractivity contribution in [3.05, 3.63) is 30.1 Å². The topological polar surface area (TPSA) is 69.6 Å². The Bertz CT molecular complexity index is 589. The molecule has 0 spiro atoms. The number of carbonyl (C=O) groups excluding carboxylic acids is 1. The summed E-state index contributed by atoms with van der Waals surface area (Å²) in [6.45, 7) is 5.05. The van der Waals surface area contributed by atoms with E-state index in [1.54, 1.807) is 6.20 Å². The number of rotatable bonds is 5. The maximum atomic E-state index is 12.6. The van der Waals surface area contributed by atoms with Gasteiger partial charge in [-0.05, 0) is 38.3 Å². The number of amides is 1. The molecule has 1 saturated heterocycles. The van der Waals surface area contributed by atoms with Gasteiger partial charge < -0.3 is 15.5 Å². The second kappa shape index (κ2) is 10.7. The second-order valence-electron chi connectivity index (χ2n) is 6.91. The van der Waals surface area contributed by atoms with Crippen LogP contribution in [0.1, 0.15) is 44.7 Å². The lowest BCUT2D eigenvalue weighted by Gasteiger charge is -2.21. The standard InChI is InChI=1S/C19H29N5O.HI/c1-2-20-19(22-13-16-9-5-6-11-21-16)23-17-10-12-24(14-17)18(25)15-7-3-4-8-15;/h5-6,9,11,15,17H,2-4,7-8,10,12-14H2,1H3,(H2,20,22,23);1H. The molecule has 1 aliphatic heterocycles. The summed E-state index contributed by atoms with van der Waals surface area (Å²) in [4.78, 5) is 23.5. The fraction of sp³-hybridized carbons (Fsp3) is 0.632. The van der Waals surface area contributed by atoms with Gasteiger partial charge in [-0.15, -0.1) is 24.0 Å². The Balaban J connectivity index is 0.00000243. The number of nitrogens with one attached hydrogen (secondary N) is 2. The van der Waals surface area contributed by atoms with Crippen LogP contribution in [-0.2, 0) is 11.3 Å². The summed E-state index contributed by atoms with van der Waals surface area (Å²) in [5.74, 6) is 1.43. The Morgan fingerprint density at radius 3 is 2.81 bits per heavy atom. The summed E-state index contributed by atoms with van der Waals surface area (Å²) in [5, 5.41) is 6.77. The quantitative estimate of drug-likeness (QED) is 0.394. The monoisotopic (exact) mass is 471 g/mol. The first-order chi connectivity index (χ1) is 12.3. The maximum absolute atomic E-state index is 12.6. The van der Waals surface area contributed by atoms with Crippen LogP contribution >= 0.6 is 24.0 Å². The van der Waals surface area contributed by atoms with Gasteiger partial charge in [0.05, 0.1) is 12.2 Å². The summed E-state index contributed by atoms with van der Waals surface area (Å²) in [7, 11) is 0. The number of carbonyl (C=O) groups is 1. The number of halogens is 1. The van der Waals surface area contributed by atoms with Gasteiger partial charge >= 0.3 is 0 Å². The van der Waals surface area contributed by atoms with Crippen LogP contribution in [0.2, 0.25) is 0 Å². The smallest absolute Gasteiger partial charge is 0.225 e. The molecule has 2 fully saturated rings. The van der Waals surface area contributed by atoms with Crippen LogP contribution in [0.5, 0.6) is 0 Å². The average molecular weight is 471 g/mol. The fourth-order valence-corrected chi connectivity index (χ4v) is 3.67. The van der Waals surface area contributed by atoms with Crippen LogP contribution < -0.4 is 10.6 Å². The van der Waals surface area contributed by atoms with Crippen molar-refractivity contribution in [2.75, 3.05) is 19.6 Å². The summed E-state index contributed by atoms with van der Waals surface area (Å²) >= 11 is 0. The summed E-state index contributed by atoms with van der Waals surface area (Å²) in [5.41, 5.74) is 0.948. The number of aromatic nitrogens is 1. The van der Waals surface area contributed by atoms with Gasteiger partial charge in [-0.25, -0.2) is 4.99 Å². The molecule has 6 nitrogen and oxygen atoms in total. The highest BCUT2D eigenvalue weighted by molar-refractivity contribution is 14.0. The zero-order valence-electron chi connectivity index (χ0n) is 15.5. The van der Waals surface area contributed by atoms with E-state index in [4.69, 9.17) is 0 Å². The molecule has 1 aliphatic carbocycles. The van der Waals surface area contributed by atoms with Crippen molar-refractivity contribution >= 4 is 35.8 Å². The van der Waals surface area contributed by atoms with Gasteiger partial charge in [-0.1, -0.05) is 18.9 Å². The molecular formula is C19H30IN5O. The lowest BCUT2D eigenvalue weighted by molar-refractivity contribution is -0.134. The maximum Gasteiger partial charge on any atom is 0.225 e. The molecule has 1 unspecified atom stereocenters. The van der Waals surface area contributed by atoms with E-state index in [0.29, 0.717) is 12.5 Å². The number of guanidine groups is 1. The van der Waals surface area contributed by atoms with Crippen molar-refractivity contribution in [1.82, 2.24) is 20.5 Å². The Morgan fingerprint density at radius 2 is 2.12 bits per heavy atom. The first kappa shape index (κ1) is 20.9. The minimum Gasteiger partial charge on any atom is -0.357 e. The van der Waals surface area contributed by atoms with E-state index in [1.165, 1.54) is 12.8 Å². The minimum atomic E-state index is 0. The molecule has 1 amide bonds. The molecule has 2 heterocycles. The second-order valence-corrected chi connectivity index (χ2v) is 6.91. The third-order valence-electron chi connectivity index (χ3n) is 5.01. The number of likely N-dealkylation sites (tertiary alicyclic amines) is 1. The molecule has 7 heteroatoms. The summed E-state index contributed by atoms with van der Waals surface area (Å²) in [6.07, 6.45) is 7.32. The predicted molar refractivity (Wildman–Crippen MR) is 115 cm³/mol.